The van der Waals surface area contributed by atoms with Crippen LogP contribution in [0.5, 0.6) is 0 Å². The van der Waals surface area contributed by atoms with Gasteiger partial charge in [-0.3, -0.25) is 0 Å². The van der Waals surface area contributed by atoms with Crippen LogP contribution in [-0.2, 0) is 6.18 Å². The first-order valence-electron chi connectivity index (χ1n) is 6.90. The molecule has 3 nitrogen and oxygen atoms in total. The zero-order valence-electron chi connectivity index (χ0n) is 12.1. The topological polar surface area (TPSA) is 19.4 Å². The van der Waals surface area contributed by atoms with Gasteiger partial charge in [-0.05, 0) is 45.0 Å². The molecule has 1 fully saturated rings. The molecule has 0 atom stereocenters. The van der Waals surface area contributed by atoms with Crippen molar-refractivity contribution in [2.75, 3.05) is 38.6 Å². The highest BCUT2D eigenvalue weighted by Gasteiger charge is 2.32. The molecule has 0 bridgehead atoms. The van der Waals surface area contributed by atoms with Crippen LogP contribution in [0, 0.1) is 5.92 Å². The van der Waals surface area contributed by atoms with Gasteiger partial charge in [-0.2, -0.15) is 13.2 Å². The fraction of sp³-hybridized carbons (Fsp3) is 0.643. The summed E-state index contributed by atoms with van der Waals surface area (Å²) in [7, 11) is 3.91. The zero-order valence-corrected chi connectivity index (χ0v) is 12.9. The van der Waals surface area contributed by atoms with E-state index in [0.29, 0.717) is 11.7 Å². The first-order valence-corrected chi connectivity index (χ1v) is 7.27. The molecular formula is C14H19ClF3N3. The lowest BCUT2D eigenvalue weighted by atomic mass is 9.97. The number of piperidine rings is 1. The van der Waals surface area contributed by atoms with Crippen molar-refractivity contribution in [3.63, 3.8) is 0 Å². The molecule has 0 amide bonds. The molecule has 1 aromatic heterocycles. The quantitative estimate of drug-likeness (QED) is 0.849. The number of likely N-dealkylation sites (tertiary alicyclic amines) is 1. The van der Waals surface area contributed by atoms with Crippen LogP contribution in [0.15, 0.2) is 12.3 Å². The van der Waals surface area contributed by atoms with E-state index in [2.05, 4.69) is 16.9 Å². The van der Waals surface area contributed by atoms with E-state index >= 15 is 0 Å². The summed E-state index contributed by atoms with van der Waals surface area (Å²) in [4.78, 5) is 8.01. The van der Waals surface area contributed by atoms with Gasteiger partial charge in [-0.1, -0.05) is 11.6 Å². The maximum Gasteiger partial charge on any atom is 0.417 e. The highest BCUT2D eigenvalue weighted by molar-refractivity contribution is 6.33. The Labute approximate surface area is 127 Å². The van der Waals surface area contributed by atoms with Crippen molar-refractivity contribution in [3.8, 4) is 0 Å². The third-order valence-corrected chi connectivity index (χ3v) is 4.16. The van der Waals surface area contributed by atoms with Crippen LogP contribution in [-0.4, -0.2) is 43.6 Å². The molecule has 0 spiro atoms. The SMILES string of the molecule is CN1CCC(CN(C)c2ncc(C(F)(F)F)cc2Cl)CC1. The third kappa shape index (κ3) is 4.23. The van der Waals surface area contributed by atoms with Crippen molar-refractivity contribution < 1.29 is 13.2 Å². The number of aromatic nitrogens is 1. The molecule has 1 aliphatic heterocycles. The van der Waals surface area contributed by atoms with Crippen LogP contribution in [0.25, 0.3) is 0 Å². The second-order valence-electron chi connectivity index (χ2n) is 5.65. The summed E-state index contributed by atoms with van der Waals surface area (Å²) in [6.45, 7) is 2.85. The van der Waals surface area contributed by atoms with Gasteiger partial charge >= 0.3 is 6.18 Å². The number of halogens is 4. The average molecular weight is 322 g/mol. The molecule has 0 aliphatic carbocycles. The normalized spacial score (nSPS) is 18.0. The van der Waals surface area contributed by atoms with Gasteiger partial charge in [0.05, 0.1) is 10.6 Å². The van der Waals surface area contributed by atoms with Crippen molar-refractivity contribution in [2.45, 2.75) is 19.0 Å². The van der Waals surface area contributed by atoms with E-state index in [1.165, 1.54) is 0 Å². The van der Waals surface area contributed by atoms with Gasteiger partial charge in [-0.25, -0.2) is 4.98 Å². The Morgan fingerprint density at radius 1 is 1.38 bits per heavy atom. The number of alkyl halides is 3. The van der Waals surface area contributed by atoms with Crippen molar-refractivity contribution in [1.82, 2.24) is 9.88 Å². The van der Waals surface area contributed by atoms with Gasteiger partial charge in [0.15, 0.2) is 0 Å². The summed E-state index contributed by atoms with van der Waals surface area (Å²) in [6.07, 6.45) is -1.41. The Balaban J connectivity index is 2.04. The molecule has 21 heavy (non-hydrogen) atoms. The molecule has 2 rings (SSSR count). The van der Waals surface area contributed by atoms with E-state index in [9.17, 15) is 13.2 Å². The summed E-state index contributed by atoms with van der Waals surface area (Å²) in [6, 6.07) is 0.940. The highest BCUT2D eigenvalue weighted by Crippen LogP contribution is 2.33. The molecule has 0 saturated carbocycles. The van der Waals surface area contributed by atoms with Crippen LogP contribution in [0.1, 0.15) is 18.4 Å². The lowest BCUT2D eigenvalue weighted by Crippen LogP contribution is -2.36. The summed E-state index contributed by atoms with van der Waals surface area (Å²) >= 11 is 5.96. The Bertz CT molecular complexity index is 485. The van der Waals surface area contributed by atoms with Crippen LogP contribution in [0.4, 0.5) is 19.0 Å². The Kier molecular flexibility index (Phi) is 4.99. The van der Waals surface area contributed by atoms with Gasteiger partial charge in [0.25, 0.3) is 0 Å². The molecule has 1 saturated heterocycles. The third-order valence-electron chi connectivity index (χ3n) is 3.88. The lowest BCUT2D eigenvalue weighted by Gasteiger charge is -2.32. The number of anilines is 1. The zero-order chi connectivity index (χ0) is 15.6. The van der Waals surface area contributed by atoms with Crippen molar-refractivity contribution in [1.29, 1.82) is 0 Å². The predicted octanol–water partition coefficient (Wildman–Crippen LogP) is 3.53. The van der Waals surface area contributed by atoms with Crippen LogP contribution in [0.3, 0.4) is 0 Å². The van der Waals surface area contributed by atoms with Gasteiger partial charge in [0.2, 0.25) is 0 Å². The predicted molar refractivity (Wildman–Crippen MR) is 77.7 cm³/mol. The van der Waals surface area contributed by atoms with Crippen LogP contribution < -0.4 is 4.90 Å². The molecule has 0 aromatic carbocycles. The molecule has 1 aliphatic rings. The summed E-state index contributed by atoms with van der Waals surface area (Å²) in [5.41, 5.74) is -0.816. The summed E-state index contributed by atoms with van der Waals surface area (Å²) in [5.74, 6) is 0.926. The van der Waals surface area contributed by atoms with Crippen molar-refractivity contribution in [2.24, 2.45) is 5.92 Å². The highest BCUT2D eigenvalue weighted by atomic mass is 35.5. The molecule has 0 N–H and O–H groups in total. The number of hydrogen-bond donors (Lipinski definition) is 0. The lowest BCUT2D eigenvalue weighted by molar-refractivity contribution is -0.137. The van der Waals surface area contributed by atoms with Gasteiger partial charge in [0.1, 0.15) is 5.82 Å². The summed E-state index contributed by atoms with van der Waals surface area (Å²) in [5, 5.41) is 0.0419. The van der Waals surface area contributed by atoms with Gasteiger partial charge in [0, 0.05) is 19.8 Å². The number of pyridine rings is 1. The van der Waals surface area contributed by atoms with Crippen molar-refractivity contribution in [3.05, 3.63) is 22.8 Å². The van der Waals surface area contributed by atoms with Crippen LogP contribution >= 0.6 is 11.6 Å². The molecule has 7 heteroatoms. The van der Waals surface area contributed by atoms with E-state index in [4.69, 9.17) is 11.6 Å². The molecule has 118 valence electrons. The van der Waals surface area contributed by atoms with Gasteiger partial charge < -0.3 is 9.80 Å². The second-order valence-corrected chi connectivity index (χ2v) is 6.06. The maximum absolute atomic E-state index is 12.6. The Hall–Kier alpha value is -1.01. The number of hydrogen-bond acceptors (Lipinski definition) is 3. The Morgan fingerprint density at radius 2 is 2.00 bits per heavy atom. The maximum atomic E-state index is 12.6. The standard InChI is InChI=1S/C14H19ClF3N3/c1-20-5-3-10(4-6-20)9-21(2)13-12(15)7-11(8-19-13)14(16,17)18/h7-8,10H,3-6,9H2,1-2H3. The monoisotopic (exact) mass is 321 g/mol. The average Bonchev–Trinajstić information content (AvgIpc) is 2.40. The summed E-state index contributed by atoms with van der Waals surface area (Å²) < 4.78 is 37.8. The first kappa shape index (κ1) is 16.4. The second kappa shape index (κ2) is 6.40. The van der Waals surface area contributed by atoms with Gasteiger partial charge in [-0.15, -0.1) is 0 Å². The van der Waals surface area contributed by atoms with Crippen molar-refractivity contribution >= 4 is 17.4 Å². The Morgan fingerprint density at radius 3 is 2.52 bits per heavy atom. The fourth-order valence-electron chi connectivity index (χ4n) is 2.59. The fourth-order valence-corrected chi connectivity index (χ4v) is 2.90. The molecule has 0 unspecified atom stereocenters. The minimum absolute atomic E-state index is 0.0419. The van der Waals surface area contributed by atoms with E-state index in [-0.39, 0.29) is 5.02 Å². The molecule has 2 heterocycles. The first-order chi connectivity index (χ1) is 9.77. The van der Waals surface area contributed by atoms with Crippen LogP contribution in [0.2, 0.25) is 5.02 Å². The number of rotatable bonds is 3. The minimum Gasteiger partial charge on any atom is -0.358 e. The molecular weight excluding hydrogens is 303 g/mol. The van der Waals surface area contributed by atoms with E-state index < -0.39 is 11.7 Å². The van der Waals surface area contributed by atoms with E-state index in [1.807, 2.05) is 11.9 Å². The smallest absolute Gasteiger partial charge is 0.358 e. The largest absolute Gasteiger partial charge is 0.417 e. The van der Waals surface area contributed by atoms with E-state index in [1.54, 1.807) is 0 Å². The minimum atomic E-state index is -4.41. The number of nitrogens with zero attached hydrogens (tertiary/aromatic N) is 3. The van der Waals surface area contributed by atoms with E-state index in [0.717, 1.165) is 44.7 Å². The molecule has 0 radical (unpaired) electrons. The molecule has 1 aromatic rings.